The number of carboxylic acids is 1. The topological polar surface area (TPSA) is 77.8 Å². The summed E-state index contributed by atoms with van der Waals surface area (Å²) in [7, 11) is 0. The maximum absolute atomic E-state index is 12.8. The van der Waals surface area contributed by atoms with Crippen molar-refractivity contribution in [1.82, 2.24) is 0 Å². The van der Waals surface area contributed by atoms with E-state index < -0.39 is 17.7 Å². The number of hydrogen-bond donors (Lipinski definition) is 2. The molecule has 0 heterocycles. The van der Waals surface area contributed by atoms with Gasteiger partial charge in [-0.3, -0.25) is 4.79 Å². The second kappa shape index (κ2) is 12.4. The van der Waals surface area contributed by atoms with Crippen LogP contribution < -0.4 is 4.90 Å². The van der Waals surface area contributed by atoms with Crippen molar-refractivity contribution in [1.29, 1.82) is 0 Å². The van der Waals surface area contributed by atoms with Crippen molar-refractivity contribution in [2.45, 2.75) is 51.7 Å². The maximum atomic E-state index is 12.8. The number of phenols is 1. The normalized spacial score (nSPS) is 11.4. The molecule has 0 aliphatic heterocycles. The number of ketones is 1. The van der Waals surface area contributed by atoms with Crippen LogP contribution in [-0.4, -0.2) is 28.5 Å². The SMILES string of the molecule is CCCCCCN(Cc1ccc(C(=O)Cc2ccc(C(F)(F)F)cc2)cc1)c1ccc(O)c(C(=O)O)c1. The standard InChI is InChI=1S/C29H30F3NO4/c1-2-3-4-5-16-33(24-14-15-26(34)25(18-24)28(36)37)19-21-6-10-22(11-7-21)27(35)17-20-8-12-23(13-9-20)29(30,31)32/h6-15,18,34H,2-5,16-17,19H2,1H3,(H,36,37). The molecule has 0 atom stereocenters. The summed E-state index contributed by atoms with van der Waals surface area (Å²) in [6.45, 7) is 3.29. The van der Waals surface area contributed by atoms with Gasteiger partial charge in [0.05, 0.1) is 5.56 Å². The molecule has 37 heavy (non-hydrogen) atoms. The zero-order valence-electron chi connectivity index (χ0n) is 20.6. The molecule has 0 saturated carbocycles. The predicted octanol–water partition coefficient (Wildman–Crippen LogP) is 7.12. The minimum Gasteiger partial charge on any atom is -0.507 e. The highest BCUT2D eigenvalue weighted by atomic mass is 19.4. The molecule has 0 aliphatic carbocycles. The second-order valence-corrected chi connectivity index (χ2v) is 8.98. The number of unbranched alkanes of at least 4 members (excludes halogenated alkanes) is 3. The van der Waals surface area contributed by atoms with Crippen LogP contribution in [0.1, 0.15) is 70.0 Å². The van der Waals surface area contributed by atoms with Crippen molar-refractivity contribution in [3.05, 3.63) is 94.5 Å². The first-order valence-electron chi connectivity index (χ1n) is 12.2. The number of halogens is 3. The minimum atomic E-state index is -4.42. The molecule has 0 fully saturated rings. The van der Waals surface area contributed by atoms with Gasteiger partial charge in [-0.2, -0.15) is 13.2 Å². The third kappa shape index (κ3) is 7.84. The number of carboxylic acid groups (broad SMARTS) is 1. The van der Waals surface area contributed by atoms with Crippen molar-refractivity contribution in [2.24, 2.45) is 0 Å². The van der Waals surface area contributed by atoms with Crippen molar-refractivity contribution in [3.63, 3.8) is 0 Å². The summed E-state index contributed by atoms with van der Waals surface area (Å²) in [4.78, 5) is 26.2. The lowest BCUT2D eigenvalue weighted by atomic mass is 10.0. The summed E-state index contributed by atoms with van der Waals surface area (Å²) < 4.78 is 38.3. The Labute approximate surface area is 214 Å². The first-order valence-corrected chi connectivity index (χ1v) is 12.2. The van der Waals surface area contributed by atoms with Crippen molar-refractivity contribution in [3.8, 4) is 5.75 Å². The number of aromatic hydroxyl groups is 1. The lowest BCUT2D eigenvalue weighted by Gasteiger charge is -2.26. The van der Waals surface area contributed by atoms with Gasteiger partial charge in [-0.25, -0.2) is 4.79 Å². The van der Waals surface area contributed by atoms with Crippen LogP contribution in [-0.2, 0) is 19.1 Å². The number of nitrogens with zero attached hydrogens (tertiary/aromatic N) is 1. The third-order valence-corrected chi connectivity index (χ3v) is 6.15. The zero-order chi connectivity index (χ0) is 27.0. The number of alkyl halides is 3. The molecule has 0 radical (unpaired) electrons. The summed E-state index contributed by atoms with van der Waals surface area (Å²) in [5, 5.41) is 19.3. The van der Waals surface area contributed by atoms with E-state index in [1.807, 2.05) is 17.0 Å². The van der Waals surface area contributed by atoms with Gasteiger partial charge in [-0.05, 0) is 47.9 Å². The van der Waals surface area contributed by atoms with Gasteiger partial charge in [-0.1, -0.05) is 62.6 Å². The average Bonchev–Trinajstić information content (AvgIpc) is 2.86. The number of carbonyl (C=O) groups is 2. The Balaban J connectivity index is 1.72. The van der Waals surface area contributed by atoms with Gasteiger partial charge in [0.1, 0.15) is 11.3 Å². The maximum Gasteiger partial charge on any atom is 0.416 e. The lowest BCUT2D eigenvalue weighted by Crippen LogP contribution is -2.24. The van der Waals surface area contributed by atoms with Crippen LogP contribution in [0.15, 0.2) is 66.7 Å². The number of anilines is 1. The number of Topliss-reactive ketones (excluding diaryl/α,β-unsaturated/α-hetero) is 1. The molecule has 3 aromatic rings. The highest BCUT2D eigenvalue weighted by Gasteiger charge is 2.30. The molecule has 8 heteroatoms. The van der Waals surface area contributed by atoms with Gasteiger partial charge in [0, 0.05) is 30.8 Å². The van der Waals surface area contributed by atoms with Gasteiger partial charge in [0.2, 0.25) is 0 Å². The average molecular weight is 514 g/mol. The Hall–Kier alpha value is -3.81. The number of rotatable bonds is 12. The van der Waals surface area contributed by atoms with Crippen molar-refractivity contribution < 1.29 is 33.0 Å². The molecule has 3 rings (SSSR count). The van der Waals surface area contributed by atoms with E-state index in [1.54, 1.807) is 18.2 Å². The van der Waals surface area contributed by atoms with Crippen LogP contribution in [0.4, 0.5) is 18.9 Å². The van der Waals surface area contributed by atoms with E-state index in [-0.39, 0.29) is 23.5 Å². The molecular formula is C29H30F3NO4. The first kappa shape index (κ1) is 27.8. The minimum absolute atomic E-state index is 0.00743. The predicted molar refractivity (Wildman–Crippen MR) is 136 cm³/mol. The van der Waals surface area contributed by atoms with E-state index in [2.05, 4.69) is 6.92 Å². The Morgan fingerprint density at radius 2 is 1.51 bits per heavy atom. The van der Waals surface area contributed by atoms with Crippen LogP contribution >= 0.6 is 0 Å². The summed E-state index contributed by atoms with van der Waals surface area (Å²) >= 11 is 0. The van der Waals surface area contributed by atoms with Crippen LogP contribution in [0.3, 0.4) is 0 Å². The summed E-state index contributed by atoms with van der Waals surface area (Å²) in [5.41, 5.74) is 1.62. The molecule has 196 valence electrons. The van der Waals surface area contributed by atoms with Gasteiger partial charge in [-0.15, -0.1) is 0 Å². The summed E-state index contributed by atoms with van der Waals surface area (Å²) in [6.07, 6.45) is -0.289. The fourth-order valence-electron chi connectivity index (χ4n) is 4.04. The number of hydrogen-bond acceptors (Lipinski definition) is 4. The van der Waals surface area contributed by atoms with E-state index in [1.165, 1.54) is 24.3 Å². The zero-order valence-corrected chi connectivity index (χ0v) is 20.6. The molecule has 0 amide bonds. The van der Waals surface area contributed by atoms with Crippen LogP contribution in [0, 0.1) is 0 Å². The molecule has 0 aromatic heterocycles. The van der Waals surface area contributed by atoms with Crippen LogP contribution in [0.2, 0.25) is 0 Å². The summed E-state index contributed by atoms with van der Waals surface area (Å²) in [5.74, 6) is -1.70. The Bertz CT molecular complexity index is 1210. The molecule has 0 aliphatic rings. The second-order valence-electron chi connectivity index (χ2n) is 8.98. The molecule has 5 nitrogen and oxygen atoms in total. The number of carbonyl (C=O) groups excluding carboxylic acids is 1. The van der Waals surface area contributed by atoms with E-state index in [4.69, 9.17) is 0 Å². The van der Waals surface area contributed by atoms with E-state index >= 15 is 0 Å². The molecule has 2 N–H and O–H groups in total. The largest absolute Gasteiger partial charge is 0.507 e. The molecule has 0 unspecified atom stereocenters. The van der Waals surface area contributed by atoms with E-state index in [9.17, 15) is 33.0 Å². The molecular weight excluding hydrogens is 483 g/mol. The van der Waals surface area contributed by atoms with Gasteiger partial charge in [0.15, 0.2) is 5.78 Å². The number of benzene rings is 3. The highest BCUT2D eigenvalue weighted by molar-refractivity contribution is 5.97. The molecule has 0 bridgehead atoms. The number of aromatic carboxylic acids is 1. The third-order valence-electron chi connectivity index (χ3n) is 6.15. The van der Waals surface area contributed by atoms with Crippen LogP contribution in [0.25, 0.3) is 0 Å². The van der Waals surface area contributed by atoms with E-state index in [0.29, 0.717) is 29.9 Å². The first-order chi connectivity index (χ1) is 17.6. The fourth-order valence-corrected chi connectivity index (χ4v) is 4.04. The van der Waals surface area contributed by atoms with E-state index in [0.717, 1.165) is 43.4 Å². The van der Waals surface area contributed by atoms with Crippen molar-refractivity contribution >= 4 is 17.4 Å². The fraction of sp³-hybridized carbons (Fsp3) is 0.310. The monoisotopic (exact) mass is 513 g/mol. The van der Waals surface area contributed by atoms with Gasteiger partial charge >= 0.3 is 12.1 Å². The van der Waals surface area contributed by atoms with Gasteiger partial charge in [0.25, 0.3) is 0 Å². The molecule has 0 saturated heterocycles. The Morgan fingerprint density at radius 1 is 0.865 bits per heavy atom. The highest BCUT2D eigenvalue weighted by Crippen LogP contribution is 2.29. The van der Waals surface area contributed by atoms with Crippen LogP contribution in [0.5, 0.6) is 5.75 Å². The summed E-state index contributed by atoms with van der Waals surface area (Å²) in [6, 6.07) is 16.1. The quantitative estimate of drug-likeness (QED) is 0.199. The Kier molecular flexibility index (Phi) is 9.33. The molecule has 3 aromatic carbocycles. The van der Waals surface area contributed by atoms with Gasteiger partial charge < -0.3 is 15.1 Å². The molecule has 0 spiro atoms. The van der Waals surface area contributed by atoms with Crippen molar-refractivity contribution in [2.75, 3.05) is 11.4 Å². The lowest BCUT2D eigenvalue weighted by molar-refractivity contribution is -0.137. The smallest absolute Gasteiger partial charge is 0.416 e. The Morgan fingerprint density at radius 3 is 2.11 bits per heavy atom.